The molecule has 0 aromatic carbocycles. The molecule has 1 atom stereocenters. The van der Waals surface area contributed by atoms with Crippen LogP contribution in [0.4, 0.5) is 0 Å². The van der Waals surface area contributed by atoms with Crippen molar-refractivity contribution < 1.29 is 23.0 Å². The Hall–Kier alpha value is -0.190. The Morgan fingerprint density at radius 3 is 1.72 bits per heavy atom. The van der Waals surface area contributed by atoms with Crippen LogP contribution in [0.2, 0.25) is 0 Å². The Morgan fingerprint density at radius 2 is 1.24 bits per heavy atom. The zero-order valence-electron chi connectivity index (χ0n) is 19.7. The van der Waals surface area contributed by atoms with Crippen LogP contribution in [-0.2, 0) is 13.6 Å². The number of rotatable bonds is 21. The number of likely N-dealkylation sites (N-methyl/N-ethyl adjacent to an activating group) is 1. The zero-order valence-corrected chi connectivity index (χ0v) is 20.6. The van der Waals surface area contributed by atoms with Crippen LogP contribution < -0.4 is 0 Å². The van der Waals surface area contributed by atoms with E-state index in [1.54, 1.807) is 0 Å². The fourth-order valence-electron chi connectivity index (χ4n) is 3.07. The number of hydrogen-bond acceptors (Lipinski definition) is 3. The van der Waals surface area contributed by atoms with E-state index in [1.165, 1.54) is 83.5 Å². The van der Waals surface area contributed by atoms with Crippen LogP contribution in [0.25, 0.3) is 0 Å². The van der Waals surface area contributed by atoms with Crippen LogP contribution in [0.1, 0.15) is 96.8 Å². The third-order valence-electron chi connectivity index (χ3n) is 4.99. The lowest BCUT2D eigenvalue weighted by atomic mass is 10.0. The lowest BCUT2D eigenvalue weighted by Crippen LogP contribution is -2.37. The van der Waals surface area contributed by atoms with Gasteiger partial charge in [-0.1, -0.05) is 96.1 Å². The summed E-state index contributed by atoms with van der Waals surface area (Å²) in [6, 6.07) is 0. The van der Waals surface area contributed by atoms with Crippen molar-refractivity contribution >= 4 is 7.82 Å². The molecule has 0 aliphatic carbocycles. The standard InChI is InChI=1S/C23H48NO4P/c1-5-6-7-8-9-10-11-12-13-14-15-16-17-18-19-20-22-27-29(25,26)28-23-21-24(2,3)4/h19-20H,5-18,21-23H2,1-4H3/p+1. The Kier molecular flexibility index (Phi) is 18.4. The molecular formula is C23H49NO4P+. The largest absolute Gasteiger partial charge is 0.472 e. The summed E-state index contributed by atoms with van der Waals surface area (Å²) in [7, 11) is 2.09. The summed E-state index contributed by atoms with van der Waals surface area (Å²) in [5.74, 6) is 0. The predicted octanol–water partition coefficient (Wildman–Crippen LogP) is 6.86. The zero-order chi connectivity index (χ0) is 21.8. The molecule has 174 valence electrons. The molecule has 0 amide bonds. The summed E-state index contributed by atoms with van der Waals surface area (Å²) in [6.45, 7) is 3.26. The molecular weight excluding hydrogens is 385 g/mol. The Labute approximate surface area is 181 Å². The van der Waals surface area contributed by atoms with Crippen LogP contribution >= 0.6 is 7.82 Å². The lowest BCUT2D eigenvalue weighted by molar-refractivity contribution is -0.870. The highest BCUT2D eigenvalue weighted by atomic mass is 31.2. The number of quaternary nitrogens is 1. The minimum Gasteiger partial charge on any atom is -0.329 e. The first-order chi connectivity index (χ1) is 13.8. The molecule has 29 heavy (non-hydrogen) atoms. The third-order valence-corrected chi connectivity index (χ3v) is 5.98. The second-order valence-corrected chi connectivity index (χ2v) is 10.6. The third kappa shape index (κ3) is 24.0. The topological polar surface area (TPSA) is 55.8 Å². The van der Waals surface area contributed by atoms with Crippen LogP contribution in [0.5, 0.6) is 0 Å². The number of hydrogen-bond donors (Lipinski definition) is 1. The molecule has 0 spiro atoms. The van der Waals surface area contributed by atoms with E-state index in [9.17, 15) is 9.46 Å². The minimum absolute atomic E-state index is 0.122. The van der Waals surface area contributed by atoms with E-state index >= 15 is 0 Å². The molecule has 0 aromatic rings. The second kappa shape index (κ2) is 18.6. The smallest absolute Gasteiger partial charge is 0.329 e. The first kappa shape index (κ1) is 28.8. The van der Waals surface area contributed by atoms with Crippen LogP contribution in [-0.4, -0.2) is 50.3 Å². The molecule has 0 saturated carbocycles. The molecule has 0 radical (unpaired) electrons. The van der Waals surface area contributed by atoms with E-state index in [0.29, 0.717) is 11.0 Å². The number of phosphoric ester groups is 1. The van der Waals surface area contributed by atoms with Crippen LogP contribution in [0.3, 0.4) is 0 Å². The summed E-state index contributed by atoms with van der Waals surface area (Å²) in [4.78, 5) is 9.61. The van der Waals surface area contributed by atoms with Gasteiger partial charge in [0.05, 0.1) is 27.7 Å². The highest BCUT2D eigenvalue weighted by molar-refractivity contribution is 7.47. The first-order valence-corrected chi connectivity index (χ1v) is 13.3. The fourth-order valence-corrected chi connectivity index (χ4v) is 3.73. The van der Waals surface area contributed by atoms with Gasteiger partial charge in [0.1, 0.15) is 13.2 Å². The maximum absolute atomic E-state index is 11.7. The summed E-state index contributed by atoms with van der Waals surface area (Å²) >= 11 is 0. The van der Waals surface area contributed by atoms with Crippen molar-refractivity contribution in [1.29, 1.82) is 0 Å². The van der Waals surface area contributed by atoms with Crippen molar-refractivity contribution in [3.05, 3.63) is 12.2 Å². The maximum Gasteiger partial charge on any atom is 0.472 e. The summed E-state index contributed by atoms with van der Waals surface area (Å²) in [5, 5.41) is 0. The molecule has 0 fully saturated rings. The lowest BCUT2D eigenvalue weighted by Gasteiger charge is -2.23. The Bertz CT molecular complexity index is 435. The molecule has 0 rings (SSSR count). The van der Waals surface area contributed by atoms with E-state index in [0.717, 1.165) is 6.42 Å². The monoisotopic (exact) mass is 434 g/mol. The van der Waals surface area contributed by atoms with Gasteiger partial charge in [0.2, 0.25) is 0 Å². The Morgan fingerprint density at radius 1 is 0.759 bits per heavy atom. The van der Waals surface area contributed by atoms with E-state index in [2.05, 4.69) is 6.92 Å². The van der Waals surface area contributed by atoms with Gasteiger partial charge in [0.25, 0.3) is 0 Å². The normalized spacial score (nSPS) is 14.5. The summed E-state index contributed by atoms with van der Waals surface area (Å²) in [6.07, 6.45) is 22.5. The second-order valence-electron chi connectivity index (χ2n) is 9.11. The van der Waals surface area contributed by atoms with Gasteiger partial charge in [-0.25, -0.2) is 4.57 Å². The fraction of sp³-hybridized carbons (Fsp3) is 0.913. The molecule has 0 aliphatic rings. The van der Waals surface area contributed by atoms with Gasteiger partial charge < -0.3 is 9.38 Å². The quantitative estimate of drug-likeness (QED) is 0.0927. The molecule has 0 bridgehead atoms. The maximum atomic E-state index is 11.7. The first-order valence-electron chi connectivity index (χ1n) is 11.8. The molecule has 5 nitrogen and oxygen atoms in total. The van der Waals surface area contributed by atoms with Crippen molar-refractivity contribution in [2.75, 3.05) is 40.9 Å². The van der Waals surface area contributed by atoms with E-state index in [1.807, 2.05) is 33.3 Å². The summed E-state index contributed by atoms with van der Waals surface area (Å²) in [5.41, 5.74) is 0. The van der Waals surface area contributed by atoms with Gasteiger partial charge in [-0.2, -0.15) is 0 Å². The predicted molar refractivity (Wildman–Crippen MR) is 124 cm³/mol. The number of allylic oxidation sites excluding steroid dienone is 1. The molecule has 0 saturated heterocycles. The van der Waals surface area contributed by atoms with E-state index in [-0.39, 0.29) is 13.2 Å². The van der Waals surface area contributed by atoms with Gasteiger partial charge in [-0.15, -0.1) is 0 Å². The van der Waals surface area contributed by atoms with Crippen LogP contribution in [0.15, 0.2) is 12.2 Å². The van der Waals surface area contributed by atoms with Crippen molar-refractivity contribution in [2.24, 2.45) is 0 Å². The minimum atomic E-state index is -3.93. The van der Waals surface area contributed by atoms with Crippen LogP contribution in [0, 0.1) is 0 Å². The molecule has 0 aromatic heterocycles. The number of nitrogens with zero attached hydrogens (tertiary/aromatic N) is 1. The average molecular weight is 435 g/mol. The highest BCUT2D eigenvalue weighted by Gasteiger charge is 2.21. The Balaban J connectivity index is 3.38. The number of unbranched alkanes of at least 4 members (excludes halogenated alkanes) is 13. The van der Waals surface area contributed by atoms with Gasteiger partial charge in [-0.3, -0.25) is 9.05 Å². The van der Waals surface area contributed by atoms with Gasteiger partial charge in [0.15, 0.2) is 0 Å². The van der Waals surface area contributed by atoms with E-state index in [4.69, 9.17) is 9.05 Å². The molecule has 1 N–H and O–H groups in total. The SMILES string of the molecule is CCCCCCCCCCCCCCCC=CCOP(=O)(O)OCC[N+](C)(C)C. The summed E-state index contributed by atoms with van der Waals surface area (Å²) < 4.78 is 22.3. The van der Waals surface area contributed by atoms with Gasteiger partial charge in [0, 0.05) is 0 Å². The van der Waals surface area contributed by atoms with Crippen molar-refractivity contribution in [1.82, 2.24) is 0 Å². The van der Waals surface area contributed by atoms with Crippen molar-refractivity contribution in [3.8, 4) is 0 Å². The van der Waals surface area contributed by atoms with Crippen molar-refractivity contribution in [3.63, 3.8) is 0 Å². The average Bonchev–Trinajstić information content (AvgIpc) is 2.63. The van der Waals surface area contributed by atoms with E-state index < -0.39 is 7.82 Å². The van der Waals surface area contributed by atoms with Gasteiger partial charge >= 0.3 is 7.82 Å². The van der Waals surface area contributed by atoms with Gasteiger partial charge in [-0.05, 0) is 12.8 Å². The number of phosphoric acid groups is 1. The molecule has 0 aliphatic heterocycles. The molecule has 6 heteroatoms. The molecule has 1 unspecified atom stereocenters. The highest BCUT2D eigenvalue weighted by Crippen LogP contribution is 2.42. The van der Waals surface area contributed by atoms with Crippen molar-refractivity contribution in [2.45, 2.75) is 96.8 Å². The molecule has 0 heterocycles.